The standard InChI is InChI=1S/C25H31F3N6O3/c1-3-29-22(36)30-17-6-4-16(5-7-17)8-10-32-19(25(26,27)28)9-11-33-21(35)12-20(31-23(32)33)34-14-18-13-24(34,2)15-37-18/h4-7,12,18-19H,3,8-11,13-15H2,1-2H3,(H2,29,30,36). The van der Waals surface area contributed by atoms with Crippen molar-refractivity contribution >= 4 is 23.5 Å². The van der Waals surface area contributed by atoms with Crippen molar-refractivity contribution < 1.29 is 22.7 Å². The summed E-state index contributed by atoms with van der Waals surface area (Å²) in [6.07, 6.45) is -3.54. The van der Waals surface area contributed by atoms with Crippen molar-refractivity contribution in [1.82, 2.24) is 14.9 Å². The van der Waals surface area contributed by atoms with Crippen LogP contribution in [0, 0.1) is 0 Å². The molecule has 4 heterocycles. The number of hydrogen-bond donors (Lipinski definition) is 2. The first-order valence-electron chi connectivity index (χ1n) is 12.6. The summed E-state index contributed by atoms with van der Waals surface area (Å²) in [5, 5.41) is 5.34. The van der Waals surface area contributed by atoms with Crippen LogP contribution in [0.3, 0.4) is 0 Å². The Labute approximate surface area is 212 Å². The summed E-state index contributed by atoms with van der Waals surface area (Å²) in [7, 11) is 0. The molecule has 2 saturated heterocycles. The number of carbonyl (C=O) groups excluding carboxylic acids is 1. The largest absolute Gasteiger partial charge is 0.408 e. The van der Waals surface area contributed by atoms with Crippen molar-refractivity contribution in [2.45, 2.75) is 63.5 Å². The zero-order valence-corrected chi connectivity index (χ0v) is 20.8. The summed E-state index contributed by atoms with van der Waals surface area (Å²) < 4.78 is 49.4. The van der Waals surface area contributed by atoms with E-state index in [0.29, 0.717) is 37.6 Å². The summed E-state index contributed by atoms with van der Waals surface area (Å²) in [4.78, 5) is 32.6. The number of urea groups is 1. The lowest BCUT2D eigenvalue weighted by Gasteiger charge is -2.41. The van der Waals surface area contributed by atoms with Gasteiger partial charge in [-0.05, 0) is 44.4 Å². The monoisotopic (exact) mass is 520 g/mol. The molecule has 200 valence electrons. The number of anilines is 3. The average molecular weight is 521 g/mol. The van der Waals surface area contributed by atoms with Gasteiger partial charge in [0.25, 0.3) is 5.56 Å². The topological polar surface area (TPSA) is 91.7 Å². The predicted octanol–water partition coefficient (Wildman–Crippen LogP) is 3.14. The third-order valence-corrected chi connectivity index (χ3v) is 7.41. The lowest BCUT2D eigenvalue weighted by molar-refractivity contribution is -0.152. The third kappa shape index (κ3) is 4.98. The Kier molecular flexibility index (Phi) is 6.55. The molecule has 2 aromatic rings. The molecular formula is C25H31F3N6O3. The second kappa shape index (κ2) is 9.55. The van der Waals surface area contributed by atoms with E-state index < -0.39 is 12.2 Å². The van der Waals surface area contributed by atoms with Gasteiger partial charge in [-0.2, -0.15) is 18.2 Å². The summed E-state index contributed by atoms with van der Waals surface area (Å²) in [5.41, 5.74) is 0.718. The number of hydrogen-bond acceptors (Lipinski definition) is 6. The van der Waals surface area contributed by atoms with Gasteiger partial charge in [0.1, 0.15) is 11.9 Å². The first-order chi connectivity index (χ1) is 17.6. The van der Waals surface area contributed by atoms with Gasteiger partial charge in [-0.1, -0.05) is 12.1 Å². The van der Waals surface area contributed by atoms with Crippen molar-refractivity contribution in [3.63, 3.8) is 0 Å². The van der Waals surface area contributed by atoms with Crippen molar-refractivity contribution in [3.8, 4) is 0 Å². The molecule has 0 saturated carbocycles. The molecule has 2 N–H and O–H groups in total. The Bertz CT molecular complexity index is 1220. The van der Waals surface area contributed by atoms with Crippen molar-refractivity contribution in [1.29, 1.82) is 0 Å². The number of ether oxygens (including phenoxy) is 1. The Balaban J connectivity index is 1.40. The molecule has 3 unspecified atom stereocenters. The van der Waals surface area contributed by atoms with E-state index in [1.165, 1.54) is 15.5 Å². The fourth-order valence-corrected chi connectivity index (χ4v) is 5.54. The number of aromatic nitrogens is 2. The van der Waals surface area contributed by atoms with Crippen LogP contribution in [0.2, 0.25) is 0 Å². The highest BCUT2D eigenvalue weighted by molar-refractivity contribution is 5.89. The molecule has 0 spiro atoms. The van der Waals surface area contributed by atoms with E-state index >= 15 is 0 Å². The zero-order chi connectivity index (χ0) is 26.4. The smallest absolute Gasteiger partial charge is 0.374 e. The molecule has 2 amide bonds. The molecular weight excluding hydrogens is 489 g/mol. The maximum atomic E-state index is 14.1. The molecule has 3 aliphatic rings. The third-order valence-electron chi connectivity index (χ3n) is 7.41. The van der Waals surface area contributed by atoms with Crippen LogP contribution in [0.15, 0.2) is 35.1 Å². The van der Waals surface area contributed by atoms with Gasteiger partial charge in [0.2, 0.25) is 5.95 Å². The molecule has 5 rings (SSSR count). The zero-order valence-electron chi connectivity index (χ0n) is 20.8. The van der Waals surface area contributed by atoms with Crippen molar-refractivity contribution in [3.05, 3.63) is 46.2 Å². The minimum absolute atomic E-state index is 0.0339. The summed E-state index contributed by atoms with van der Waals surface area (Å²) in [5.74, 6) is 0.455. The molecule has 0 aliphatic carbocycles. The van der Waals surface area contributed by atoms with Crippen molar-refractivity contribution in [2.75, 3.05) is 41.4 Å². The first-order valence-corrected chi connectivity index (χ1v) is 12.6. The molecule has 12 heteroatoms. The number of halogens is 3. The number of nitrogens with zero attached hydrogens (tertiary/aromatic N) is 4. The highest BCUT2D eigenvalue weighted by Crippen LogP contribution is 2.41. The highest BCUT2D eigenvalue weighted by Gasteiger charge is 2.50. The maximum Gasteiger partial charge on any atom is 0.408 e. The van der Waals surface area contributed by atoms with Crippen LogP contribution in [0.5, 0.6) is 0 Å². The number of morpholine rings is 1. The van der Waals surface area contributed by atoms with Crippen LogP contribution in [0.25, 0.3) is 0 Å². The molecule has 3 atom stereocenters. The number of amides is 2. The van der Waals surface area contributed by atoms with Gasteiger partial charge in [0, 0.05) is 44.4 Å². The van der Waals surface area contributed by atoms with Crippen LogP contribution in [0.1, 0.15) is 32.3 Å². The summed E-state index contributed by atoms with van der Waals surface area (Å²) >= 11 is 0. The number of carbonyl (C=O) groups is 1. The second-order valence-corrected chi connectivity index (χ2v) is 10.1. The van der Waals surface area contributed by atoms with Crippen LogP contribution >= 0.6 is 0 Å². The molecule has 1 aromatic heterocycles. The molecule has 9 nitrogen and oxygen atoms in total. The van der Waals surface area contributed by atoms with Crippen LogP contribution < -0.4 is 26.0 Å². The van der Waals surface area contributed by atoms with E-state index in [2.05, 4.69) is 15.6 Å². The van der Waals surface area contributed by atoms with Crippen LogP contribution in [-0.4, -0.2) is 65.7 Å². The molecule has 3 aliphatic heterocycles. The fraction of sp³-hybridized carbons (Fsp3) is 0.560. The maximum absolute atomic E-state index is 14.1. The summed E-state index contributed by atoms with van der Waals surface area (Å²) in [6.45, 7) is 5.39. The highest BCUT2D eigenvalue weighted by atomic mass is 19.4. The Morgan fingerprint density at radius 3 is 2.65 bits per heavy atom. The Morgan fingerprint density at radius 2 is 2.03 bits per heavy atom. The minimum atomic E-state index is -4.47. The van der Waals surface area contributed by atoms with Gasteiger partial charge in [-0.15, -0.1) is 0 Å². The Morgan fingerprint density at radius 1 is 1.27 bits per heavy atom. The average Bonchev–Trinajstić information content (AvgIpc) is 3.38. The van der Waals surface area contributed by atoms with Gasteiger partial charge >= 0.3 is 12.2 Å². The minimum Gasteiger partial charge on any atom is -0.374 e. The van der Waals surface area contributed by atoms with Gasteiger partial charge in [-0.25, -0.2) is 4.79 Å². The molecule has 2 bridgehead atoms. The summed E-state index contributed by atoms with van der Waals surface area (Å²) in [6, 6.07) is 6.33. The lowest BCUT2D eigenvalue weighted by Crippen LogP contribution is -2.54. The van der Waals surface area contributed by atoms with E-state index in [1.54, 1.807) is 24.3 Å². The van der Waals surface area contributed by atoms with Gasteiger partial charge in [-0.3, -0.25) is 9.36 Å². The van der Waals surface area contributed by atoms with E-state index in [-0.39, 0.29) is 48.7 Å². The number of fused-ring (bicyclic) bond motifs is 3. The predicted molar refractivity (Wildman–Crippen MR) is 133 cm³/mol. The van der Waals surface area contributed by atoms with E-state index in [1.807, 2.05) is 18.7 Å². The van der Waals surface area contributed by atoms with Crippen LogP contribution in [0.4, 0.5) is 35.4 Å². The van der Waals surface area contributed by atoms with Crippen molar-refractivity contribution in [2.24, 2.45) is 0 Å². The quantitative estimate of drug-likeness (QED) is 0.608. The first kappa shape index (κ1) is 25.4. The SMILES string of the molecule is CCNC(=O)Nc1ccc(CCN2c3nc(N4CC5CC4(C)CO5)cc(=O)n3CCC2C(F)(F)F)cc1. The number of benzene rings is 1. The van der Waals surface area contributed by atoms with Crippen LogP contribution in [-0.2, 0) is 17.7 Å². The van der Waals surface area contributed by atoms with E-state index in [4.69, 9.17) is 4.74 Å². The van der Waals surface area contributed by atoms with Gasteiger partial charge < -0.3 is 25.2 Å². The number of rotatable bonds is 6. The fourth-order valence-electron chi connectivity index (χ4n) is 5.54. The van der Waals surface area contributed by atoms with Gasteiger partial charge in [0.05, 0.1) is 18.2 Å². The van der Waals surface area contributed by atoms with E-state index in [9.17, 15) is 22.8 Å². The molecule has 2 fully saturated rings. The Hall–Kier alpha value is -3.28. The van der Waals surface area contributed by atoms with Gasteiger partial charge in [0.15, 0.2) is 0 Å². The number of nitrogens with one attached hydrogen (secondary N) is 2. The normalized spacial score (nSPS) is 24.8. The molecule has 1 aromatic carbocycles. The molecule has 0 radical (unpaired) electrons. The lowest BCUT2D eigenvalue weighted by atomic mass is 10.0. The van der Waals surface area contributed by atoms with E-state index in [0.717, 1.165) is 12.0 Å². The molecule has 37 heavy (non-hydrogen) atoms. The second-order valence-electron chi connectivity index (χ2n) is 10.1. The number of alkyl halides is 3.